The zero-order valence-corrected chi connectivity index (χ0v) is 19.1. The number of benzene rings is 1. The molecular weight excluding hydrogens is 396 g/mol. The number of rotatable bonds is 5. The van der Waals surface area contributed by atoms with Crippen molar-refractivity contribution >= 4 is 22.9 Å². The van der Waals surface area contributed by atoms with Crippen LogP contribution in [0.25, 0.3) is 0 Å². The first-order valence-electron chi connectivity index (χ1n) is 10.9. The van der Waals surface area contributed by atoms with E-state index in [1.165, 1.54) is 12.1 Å². The Hall–Kier alpha value is -2.12. The maximum Gasteiger partial charge on any atom is 0.227 e. The monoisotopic (exact) mass is 428 g/mol. The second-order valence-electron chi connectivity index (χ2n) is 8.25. The Morgan fingerprint density at radius 1 is 1.17 bits per heavy atom. The van der Waals surface area contributed by atoms with E-state index in [1.807, 2.05) is 26.0 Å². The second kappa shape index (κ2) is 9.35. The number of anilines is 1. The van der Waals surface area contributed by atoms with Crippen LogP contribution in [0.2, 0.25) is 0 Å². The van der Waals surface area contributed by atoms with Gasteiger partial charge in [-0.05, 0) is 38.8 Å². The summed E-state index contributed by atoms with van der Waals surface area (Å²) in [6.07, 6.45) is 2.76. The number of piperidine rings is 1. The van der Waals surface area contributed by atoms with E-state index in [1.54, 1.807) is 18.4 Å². The molecule has 0 aliphatic carbocycles. The first kappa shape index (κ1) is 21.1. The number of hydrogen-bond acceptors (Lipinski definition) is 6. The molecule has 6 nitrogen and oxygen atoms in total. The highest BCUT2D eigenvalue weighted by Crippen LogP contribution is 2.29. The Bertz CT molecular complexity index is 876. The number of para-hydroxylation sites is 2. The minimum absolute atomic E-state index is 0.249. The number of piperazine rings is 1. The van der Waals surface area contributed by atoms with Crippen molar-refractivity contribution in [2.45, 2.75) is 39.2 Å². The van der Waals surface area contributed by atoms with Crippen LogP contribution in [0.5, 0.6) is 5.75 Å². The molecule has 2 saturated heterocycles. The molecule has 2 fully saturated rings. The number of nitrogens with zero attached hydrogens (tertiary/aromatic N) is 4. The molecule has 1 aromatic carbocycles. The van der Waals surface area contributed by atoms with Crippen LogP contribution in [0.15, 0.2) is 24.3 Å². The van der Waals surface area contributed by atoms with Crippen molar-refractivity contribution in [3.8, 4) is 5.75 Å². The number of methoxy groups -OCH3 is 1. The van der Waals surface area contributed by atoms with Crippen LogP contribution in [0.3, 0.4) is 0 Å². The van der Waals surface area contributed by atoms with Crippen molar-refractivity contribution in [1.82, 2.24) is 14.8 Å². The number of hydrogen-bond donors (Lipinski definition) is 0. The lowest BCUT2D eigenvalue weighted by molar-refractivity contribution is -0.132. The summed E-state index contributed by atoms with van der Waals surface area (Å²) in [5, 5.41) is 1.04. The quantitative estimate of drug-likeness (QED) is 0.732. The highest BCUT2D eigenvalue weighted by atomic mass is 32.1. The predicted molar refractivity (Wildman–Crippen MR) is 122 cm³/mol. The Balaban J connectivity index is 1.33. The summed E-state index contributed by atoms with van der Waals surface area (Å²) in [6, 6.07) is 8.71. The minimum atomic E-state index is 0.249. The van der Waals surface area contributed by atoms with Gasteiger partial charge in [0.15, 0.2) is 0 Å². The highest BCUT2D eigenvalue weighted by Gasteiger charge is 2.30. The van der Waals surface area contributed by atoms with Gasteiger partial charge in [0.05, 0.1) is 29.9 Å². The number of carbonyl (C=O) groups excluding carboxylic acids is 1. The zero-order valence-electron chi connectivity index (χ0n) is 18.3. The van der Waals surface area contributed by atoms with Crippen molar-refractivity contribution in [3.05, 3.63) is 39.8 Å². The summed E-state index contributed by atoms with van der Waals surface area (Å²) >= 11 is 1.65. The van der Waals surface area contributed by atoms with Gasteiger partial charge in [0.2, 0.25) is 5.91 Å². The first-order chi connectivity index (χ1) is 14.5. The summed E-state index contributed by atoms with van der Waals surface area (Å²) in [6.45, 7) is 9.78. The fourth-order valence-corrected chi connectivity index (χ4v) is 5.61. The topological polar surface area (TPSA) is 48.9 Å². The number of carbonyl (C=O) groups is 1. The number of thiazole rings is 1. The average Bonchev–Trinajstić information content (AvgIpc) is 3.10. The van der Waals surface area contributed by atoms with Gasteiger partial charge in [0, 0.05) is 50.2 Å². The molecule has 1 atom stereocenters. The molecule has 7 heteroatoms. The number of aromatic nitrogens is 1. The normalized spacial score (nSPS) is 20.4. The standard InChI is InChI=1S/C23H32N4O2S/c1-17-22(30-18(2)24-17)15-23(28)27-10-6-7-19(16-27)25-11-13-26(14-12-25)20-8-4-5-9-21(20)29-3/h4-5,8-9,19H,6-7,10-16H2,1-3H3. The van der Waals surface area contributed by atoms with Gasteiger partial charge >= 0.3 is 0 Å². The zero-order chi connectivity index (χ0) is 21.1. The van der Waals surface area contributed by atoms with E-state index in [0.29, 0.717) is 12.5 Å². The number of amides is 1. The molecule has 0 spiro atoms. The summed E-state index contributed by atoms with van der Waals surface area (Å²) in [7, 11) is 1.73. The Labute approximate surface area is 183 Å². The Morgan fingerprint density at radius 2 is 1.93 bits per heavy atom. The molecule has 0 saturated carbocycles. The molecule has 3 heterocycles. The van der Waals surface area contributed by atoms with Gasteiger partial charge in [-0.1, -0.05) is 12.1 Å². The van der Waals surface area contributed by atoms with E-state index >= 15 is 0 Å². The molecule has 2 aliphatic rings. The third kappa shape index (κ3) is 4.62. The molecule has 4 rings (SSSR count). The molecule has 2 aliphatic heterocycles. The van der Waals surface area contributed by atoms with Crippen molar-refractivity contribution < 1.29 is 9.53 Å². The van der Waals surface area contributed by atoms with Crippen molar-refractivity contribution in [2.24, 2.45) is 0 Å². The van der Waals surface area contributed by atoms with E-state index in [2.05, 4.69) is 31.8 Å². The molecular formula is C23H32N4O2S. The van der Waals surface area contributed by atoms with Gasteiger partial charge in [-0.25, -0.2) is 4.98 Å². The average molecular weight is 429 g/mol. The van der Waals surface area contributed by atoms with Gasteiger partial charge in [0.25, 0.3) is 0 Å². The lowest BCUT2D eigenvalue weighted by atomic mass is 10.0. The lowest BCUT2D eigenvalue weighted by Crippen LogP contribution is -2.56. The SMILES string of the molecule is COc1ccccc1N1CCN(C2CCCN(C(=O)Cc3sc(C)nc3C)C2)CC1. The third-order valence-corrected chi connectivity index (χ3v) is 7.39. The van der Waals surface area contributed by atoms with E-state index in [0.717, 1.165) is 67.0 Å². The Kier molecular flexibility index (Phi) is 6.58. The summed E-state index contributed by atoms with van der Waals surface area (Å²) in [5.74, 6) is 1.19. The first-order valence-corrected chi connectivity index (χ1v) is 11.7. The van der Waals surface area contributed by atoms with E-state index in [4.69, 9.17) is 4.74 Å². The predicted octanol–water partition coefficient (Wildman–Crippen LogP) is 3.12. The third-order valence-electron chi connectivity index (χ3n) is 6.32. The van der Waals surface area contributed by atoms with Crippen molar-refractivity contribution in [3.63, 3.8) is 0 Å². The van der Waals surface area contributed by atoms with Gasteiger partial charge in [-0.15, -0.1) is 11.3 Å². The Morgan fingerprint density at radius 3 is 2.63 bits per heavy atom. The smallest absolute Gasteiger partial charge is 0.227 e. The van der Waals surface area contributed by atoms with Crippen LogP contribution < -0.4 is 9.64 Å². The summed E-state index contributed by atoms with van der Waals surface area (Å²) < 4.78 is 5.54. The molecule has 0 radical (unpaired) electrons. The van der Waals surface area contributed by atoms with E-state index < -0.39 is 0 Å². The molecule has 162 valence electrons. The van der Waals surface area contributed by atoms with Crippen LogP contribution in [0, 0.1) is 13.8 Å². The lowest BCUT2D eigenvalue weighted by Gasteiger charge is -2.44. The number of aryl methyl sites for hydroxylation is 2. The summed E-state index contributed by atoms with van der Waals surface area (Å²) in [4.78, 5) is 25.6. The molecule has 1 unspecified atom stereocenters. The molecule has 30 heavy (non-hydrogen) atoms. The maximum absolute atomic E-state index is 12.9. The van der Waals surface area contributed by atoms with Crippen LogP contribution in [-0.4, -0.2) is 73.1 Å². The molecule has 0 bridgehead atoms. The molecule has 2 aromatic rings. The van der Waals surface area contributed by atoms with Crippen LogP contribution in [-0.2, 0) is 11.2 Å². The van der Waals surface area contributed by atoms with Crippen LogP contribution >= 0.6 is 11.3 Å². The van der Waals surface area contributed by atoms with Crippen molar-refractivity contribution in [2.75, 3.05) is 51.3 Å². The highest BCUT2D eigenvalue weighted by molar-refractivity contribution is 7.11. The largest absolute Gasteiger partial charge is 0.495 e. The maximum atomic E-state index is 12.9. The number of likely N-dealkylation sites (tertiary alicyclic amines) is 1. The van der Waals surface area contributed by atoms with Gasteiger partial charge in [-0.2, -0.15) is 0 Å². The summed E-state index contributed by atoms with van der Waals surface area (Å²) in [5.41, 5.74) is 2.18. The fraction of sp³-hybridized carbons (Fsp3) is 0.565. The van der Waals surface area contributed by atoms with E-state index in [-0.39, 0.29) is 5.91 Å². The number of ether oxygens (including phenoxy) is 1. The molecule has 1 amide bonds. The van der Waals surface area contributed by atoms with Crippen molar-refractivity contribution in [1.29, 1.82) is 0 Å². The van der Waals surface area contributed by atoms with Crippen LogP contribution in [0.1, 0.15) is 28.4 Å². The van der Waals surface area contributed by atoms with Crippen LogP contribution in [0.4, 0.5) is 5.69 Å². The van der Waals surface area contributed by atoms with Gasteiger partial charge in [0.1, 0.15) is 5.75 Å². The molecule has 1 aromatic heterocycles. The second-order valence-corrected chi connectivity index (χ2v) is 9.54. The fourth-order valence-electron chi connectivity index (χ4n) is 4.68. The minimum Gasteiger partial charge on any atom is -0.495 e. The van der Waals surface area contributed by atoms with Gasteiger partial charge < -0.3 is 14.5 Å². The molecule has 0 N–H and O–H groups in total. The van der Waals surface area contributed by atoms with Gasteiger partial charge in [-0.3, -0.25) is 9.69 Å². The van der Waals surface area contributed by atoms with E-state index in [9.17, 15) is 4.79 Å².